The summed E-state index contributed by atoms with van der Waals surface area (Å²) in [7, 11) is -3.58. The van der Waals surface area contributed by atoms with Gasteiger partial charge in [0.2, 0.25) is 10.0 Å². The fourth-order valence-electron chi connectivity index (χ4n) is 4.26. The van der Waals surface area contributed by atoms with Gasteiger partial charge in [0.25, 0.3) is 5.91 Å². The van der Waals surface area contributed by atoms with Gasteiger partial charge in [0, 0.05) is 38.3 Å². The summed E-state index contributed by atoms with van der Waals surface area (Å²) >= 11 is 0. The van der Waals surface area contributed by atoms with E-state index in [2.05, 4.69) is 5.10 Å². The van der Waals surface area contributed by atoms with Crippen LogP contribution in [-0.4, -0.2) is 64.5 Å². The summed E-state index contributed by atoms with van der Waals surface area (Å²) in [6.45, 7) is 3.75. The van der Waals surface area contributed by atoms with Crippen molar-refractivity contribution in [3.8, 4) is 11.3 Å². The van der Waals surface area contributed by atoms with E-state index in [4.69, 9.17) is 4.98 Å². The number of hydrogen-bond donors (Lipinski definition) is 0. The first-order valence-electron chi connectivity index (χ1n) is 11.3. The van der Waals surface area contributed by atoms with Crippen LogP contribution in [0.3, 0.4) is 0 Å². The Bertz CT molecular complexity index is 1430. The Kier molecular flexibility index (Phi) is 5.89. The molecular weight excluding hydrogens is 450 g/mol. The van der Waals surface area contributed by atoms with Gasteiger partial charge in [-0.2, -0.15) is 9.40 Å². The highest BCUT2D eigenvalue weighted by Gasteiger charge is 2.31. The van der Waals surface area contributed by atoms with E-state index in [1.165, 1.54) is 4.31 Å². The molecule has 0 N–H and O–H groups in total. The normalized spacial score (nSPS) is 15.0. The maximum atomic E-state index is 13.6. The third-order valence-corrected chi connectivity index (χ3v) is 8.03. The van der Waals surface area contributed by atoms with Crippen LogP contribution in [-0.2, 0) is 16.6 Å². The fraction of sp³-hybridized carbons (Fsp3) is 0.240. The van der Waals surface area contributed by atoms with Crippen molar-refractivity contribution < 1.29 is 13.2 Å². The highest BCUT2D eigenvalue weighted by Crippen LogP contribution is 2.27. The molecule has 1 aliphatic heterocycles. The maximum Gasteiger partial charge on any atom is 0.254 e. The highest BCUT2D eigenvalue weighted by atomic mass is 32.2. The highest BCUT2D eigenvalue weighted by molar-refractivity contribution is 7.89. The Morgan fingerprint density at radius 3 is 2.24 bits per heavy atom. The Labute approximate surface area is 198 Å². The lowest BCUT2D eigenvalue weighted by atomic mass is 10.1. The average molecular weight is 476 g/mol. The first kappa shape index (κ1) is 22.2. The quantitative estimate of drug-likeness (QED) is 0.442. The van der Waals surface area contributed by atoms with Gasteiger partial charge in [0.05, 0.1) is 27.7 Å². The lowest BCUT2D eigenvalue weighted by molar-refractivity contribution is 0.0700. The molecule has 3 heterocycles. The SMILES string of the molecule is CCn1ncc2c(C(=O)N3CCN(S(=O)(=O)c4ccccc4)CC3)cc(-c3ccccc3)nc21. The van der Waals surface area contributed by atoms with Crippen molar-refractivity contribution in [1.82, 2.24) is 24.0 Å². The van der Waals surface area contributed by atoms with Gasteiger partial charge in [0.1, 0.15) is 0 Å². The standard InChI is InChI=1S/C25H25N5O3S/c1-2-30-24-22(18-26-30)21(17-23(27-24)19-9-5-3-6-10-19)25(31)28-13-15-29(16-14-28)34(32,33)20-11-7-4-8-12-20/h3-12,17-18H,2,13-16H2,1H3. The predicted octanol–water partition coefficient (Wildman–Crippen LogP) is 3.26. The molecule has 1 amide bonds. The lowest BCUT2D eigenvalue weighted by Crippen LogP contribution is -2.50. The number of aryl methyl sites for hydroxylation is 1. The third kappa shape index (κ3) is 3.97. The van der Waals surface area contributed by atoms with Crippen LogP contribution in [0.4, 0.5) is 0 Å². The van der Waals surface area contributed by atoms with Crippen LogP contribution in [0, 0.1) is 0 Å². The number of aromatic nitrogens is 3. The van der Waals surface area contributed by atoms with Gasteiger partial charge >= 0.3 is 0 Å². The zero-order chi connectivity index (χ0) is 23.7. The fourth-order valence-corrected chi connectivity index (χ4v) is 5.70. The Hall–Kier alpha value is -3.56. The van der Waals surface area contributed by atoms with Crippen molar-refractivity contribution in [2.24, 2.45) is 0 Å². The minimum Gasteiger partial charge on any atom is -0.336 e. The average Bonchev–Trinajstić information content (AvgIpc) is 3.32. The minimum atomic E-state index is -3.58. The van der Waals surface area contributed by atoms with Crippen molar-refractivity contribution in [3.05, 3.63) is 78.5 Å². The van der Waals surface area contributed by atoms with Gasteiger partial charge in [-0.15, -0.1) is 0 Å². The van der Waals surface area contributed by atoms with Crippen molar-refractivity contribution >= 4 is 27.0 Å². The second kappa shape index (κ2) is 9.00. The van der Waals surface area contributed by atoms with Gasteiger partial charge in [0.15, 0.2) is 5.65 Å². The predicted molar refractivity (Wildman–Crippen MR) is 130 cm³/mol. The lowest BCUT2D eigenvalue weighted by Gasteiger charge is -2.34. The Morgan fingerprint density at radius 1 is 0.941 bits per heavy atom. The molecule has 34 heavy (non-hydrogen) atoms. The molecule has 1 aliphatic rings. The van der Waals surface area contributed by atoms with E-state index >= 15 is 0 Å². The molecule has 5 rings (SSSR count). The van der Waals surface area contributed by atoms with E-state index in [0.29, 0.717) is 41.9 Å². The molecule has 0 aliphatic carbocycles. The second-order valence-corrected chi connectivity index (χ2v) is 10.1. The number of nitrogens with zero attached hydrogens (tertiary/aromatic N) is 5. The molecule has 0 radical (unpaired) electrons. The van der Waals surface area contributed by atoms with E-state index in [1.807, 2.05) is 43.3 Å². The van der Waals surface area contributed by atoms with Gasteiger partial charge in [-0.05, 0) is 25.1 Å². The minimum absolute atomic E-state index is 0.142. The number of amides is 1. The van der Waals surface area contributed by atoms with Crippen molar-refractivity contribution in [2.45, 2.75) is 18.4 Å². The van der Waals surface area contributed by atoms with Crippen LogP contribution >= 0.6 is 0 Å². The van der Waals surface area contributed by atoms with Crippen LogP contribution < -0.4 is 0 Å². The number of fused-ring (bicyclic) bond motifs is 1. The molecule has 2 aromatic heterocycles. The van der Waals surface area contributed by atoms with E-state index < -0.39 is 10.0 Å². The van der Waals surface area contributed by atoms with Crippen LogP contribution in [0.1, 0.15) is 17.3 Å². The maximum absolute atomic E-state index is 13.6. The van der Waals surface area contributed by atoms with Gasteiger partial charge < -0.3 is 4.90 Å². The summed E-state index contributed by atoms with van der Waals surface area (Å²) in [5.74, 6) is -0.142. The van der Waals surface area contributed by atoms with Crippen molar-refractivity contribution in [1.29, 1.82) is 0 Å². The molecule has 8 nitrogen and oxygen atoms in total. The van der Waals surface area contributed by atoms with Gasteiger partial charge in [-0.1, -0.05) is 48.5 Å². The van der Waals surface area contributed by atoms with Crippen LogP contribution in [0.2, 0.25) is 0 Å². The Morgan fingerprint density at radius 2 is 1.59 bits per heavy atom. The number of pyridine rings is 1. The molecule has 1 fully saturated rings. The summed E-state index contributed by atoms with van der Waals surface area (Å²) < 4.78 is 29.1. The molecule has 9 heteroatoms. The zero-order valence-electron chi connectivity index (χ0n) is 18.8. The second-order valence-electron chi connectivity index (χ2n) is 8.13. The topological polar surface area (TPSA) is 88.4 Å². The zero-order valence-corrected chi connectivity index (χ0v) is 19.6. The number of benzene rings is 2. The van der Waals surface area contributed by atoms with Crippen LogP contribution in [0.25, 0.3) is 22.3 Å². The smallest absolute Gasteiger partial charge is 0.254 e. The monoisotopic (exact) mass is 475 g/mol. The van der Waals surface area contributed by atoms with Crippen LogP contribution in [0.5, 0.6) is 0 Å². The van der Waals surface area contributed by atoms with Crippen molar-refractivity contribution in [2.75, 3.05) is 26.2 Å². The molecule has 2 aromatic carbocycles. The third-order valence-electron chi connectivity index (χ3n) is 6.12. The number of hydrogen-bond acceptors (Lipinski definition) is 5. The molecule has 0 saturated carbocycles. The molecule has 0 spiro atoms. The van der Waals surface area contributed by atoms with E-state index in [0.717, 1.165) is 5.56 Å². The van der Waals surface area contributed by atoms with Gasteiger partial charge in [-0.25, -0.2) is 18.1 Å². The summed E-state index contributed by atoms with van der Waals surface area (Å²) in [4.78, 5) is 20.4. The number of carbonyl (C=O) groups excluding carboxylic acids is 1. The first-order chi connectivity index (χ1) is 16.5. The van der Waals surface area contributed by atoms with Crippen molar-refractivity contribution in [3.63, 3.8) is 0 Å². The number of rotatable bonds is 5. The molecule has 0 bridgehead atoms. The first-order valence-corrected chi connectivity index (χ1v) is 12.7. The largest absolute Gasteiger partial charge is 0.336 e. The number of carbonyl (C=O) groups is 1. The Balaban J connectivity index is 1.44. The van der Waals surface area contributed by atoms with E-state index in [1.54, 1.807) is 46.1 Å². The van der Waals surface area contributed by atoms with Gasteiger partial charge in [-0.3, -0.25) is 4.79 Å². The summed E-state index contributed by atoms with van der Waals surface area (Å²) in [5.41, 5.74) is 2.82. The molecule has 4 aromatic rings. The summed E-state index contributed by atoms with van der Waals surface area (Å²) in [6, 6.07) is 19.9. The molecular formula is C25H25N5O3S. The number of piperazine rings is 1. The van der Waals surface area contributed by atoms with E-state index in [9.17, 15) is 13.2 Å². The summed E-state index contributed by atoms with van der Waals surface area (Å²) in [6.07, 6.45) is 1.68. The molecule has 0 unspecified atom stereocenters. The summed E-state index contributed by atoms with van der Waals surface area (Å²) in [5, 5.41) is 5.11. The number of sulfonamides is 1. The molecule has 1 saturated heterocycles. The molecule has 174 valence electrons. The van der Waals surface area contributed by atoms with Crippen LogP contribution in [0.15, 0.2) is 77.8 Å². The molecule has 0 atom stereocenters. The van der Waals surface area contributed by atoms with E-state index in [-0.39, 0.29) is 23.9 Å².